The molecule has 0 unspecified atom stereocenters. The van der Waals surface area contributed by atoms with Gasteiger partial charge in [-0.05, 0) is 26.0 Å². The highest BCUT2D eigenvalue weighted by Crippen LogP contribution is 2.16. The van der Waals surface area contributed by atoms with Crippen molar-refractivity contribution in [2.45, 2.75) is 25.8 Å². The van der Waals surface area contributed by atoms with Gasteiger partial charge >= 0.3 is 0 Å². The predicted molar refractivity (Wildman–Crippen MR) is 64.3 cm³/mol. The van der Waals surface area contributed by atoms with Gasteiger partial charge in [-0.15, -0.1) is 0 Å². The summed E-state index contributed by atoms with van der Waals surface area (Å²) in [6, 6.07) is 3.20. The van der Waals surface area contributed by atoms with Crippen LogP contribution in [0.4, 0.5) is 5.82 Å². The average Bonchev–Trinajstić information content (AvgIpc) is 2.15. The first-order valence-electron chi connectivity index (χ1n) is 5.12. The lowest BCUT2D eigenvalue weighted by Gasteiger charge is -2.25. The van der Waals surface area contributed by atoms with Crippen LogP contribution in [0.2, 0.25) is 0 Å². The van der Waals surface area contributed by atoms with Crippen LogP contribution < -0.4 is 16.8 Å². The molecule has 0 atom stereocenters. The molecule has 17 heavy (non-hydrogen) atoms. The van der Waals surface area contributed by atoms with Gasteiger partial charge in [0.25, 0.3) is 0 Å². The van der Waals surface area contributed by atoms with Crippen molar-refractivity contribution in [2.75, 3.05) is 5.32 Å². The number of nitrogens with two attached hydrogens (primary N) is 2. The van der Waals surface area contributed by atoms with E-state index in [9.17, 15) is 9.59 Å². The summed E-state index contributed by atoms with van der Waals surface area (Å²) in [6.45, 7) is 3.67. The topological polar surface area (TPSA) is 111 Å². The van der Waals surface area contributed by atoms with Crippen molar-refractivity contribution in [3.05, 3.63) is 23.9 Å². The third-order valence-electron chi connectivity index (χ3n) is 2.13. The van der Waals surface area contributed by atoms with Crippen molar-refractivity contribution in [1.29, 1.82) is 0 Å². The van der Waals surface area contributed by atoms with Crippen molar-refractivity contribution in [3.8, 4) is 0 Å². The van der Waals surface area contributed by atoms with Crippen LogP contribution in [0.15, 0.2) is 18.3 Å². The summed E-state index contributed by atoms with van der Waals surface area (Å²) in [4.78, 5) is 25.7. The number of pyridine rings is 1. The number of anilines is 1. The molecule has 92 valence electrons. The zero-order valence-electron chi connectivity index (χ0n) is 9.86. The van der Waals surface area contributed by atoms with Gasteiger partial charge in [0.2, 0.25) is 11.8 Å². The van der Waals surface area contributed by atoms with Crippen LogP contribution in [-0.4, -0.2) is 22.3 Å². The third kappa shape index (κ3) is 4.10. The quantitative estimate of drug-likeness (QED) is 0.680. The Hall–Kier alpha value is -2.11. The largest absolute Gasteiger partial charge is 0.370 e. The second-order valence-corrected chi connectivity index (χ2v) is 4.45. The lowest BCUT2D eigenvalue weighted by atomic mass is 10.0. The summed E-state index contributed by atoms with van der Waals surface area (Å²) in [5.41, 5.74) is 10.1. The molecule has 0 aliphatic carbocycles. The number of hydrogen-bond donors (Lipinski definition) is 3. The van der Waals surface area contributed by atoms with Crippen molar-refractivity contribution in [3.63, 3.8) is 0 Å². The minimum absolute atomic E-state index is 0.187. The first kappa shape index (κ1) is 13.0. The normalized spacial score (nSPS) is 10.9. The first-order chi connectivity index (χ1) is 7.80. The second-order valence-electron chi connectivity index (χ2n) is 4.45. The Labute approximate surface area is 99.4 Å². The number of nitrogens with one attached hydrogen (secondary N) is 1. The van der Waals surface area contributed by atoms with E-state index in [1.165, 1.54) is 6.20 Å². The molecule has 5 N–H and O–H groups in total. The Bertz CT molecular complexity index is 426. The number of rotatable bonds is 5. The Morgan fingerprint density at radius 3 is 2.41 bits per heavy atom. The highest BCUT2D eigenvalue weighted by atomic mass is 16.1. The van der Waals surface area contributed by atoms with Crippen LogP contribution in [-0.2, 0) is 4.79 Å². The number of carbonyl (C=O) groups excluding carboxylic acids is 2. The molecule has 0 aliphatic heterocycles. The molecule has 0 saturated carbocycles. The number of aromatic nitrogens is 1. The van der Waals surface area contributed by atoms with E-state index in [2.05, 4.69) is 10.3 Å². The van der Waals surface area contributed by atoms with Gasteiger partial charge in [-0.2, -0.15) is 0 Å². The predicted octanol–water partition coefficient (Wildman–Crippen LogP) is 0.246. The Morgan fingerprint density at radius 2 is 2.00 bits per heavy atom. The van der Waals surface area contributed by atoms with Crippen LogP contribution in [0.25, 0.3) is 0 Å². The fourth-order valence-corrected chi connectivity index (χ4v) is 1.44. The minimum Gasteiger partial charge on any atom is -0.370 e. The average molecular weight is 236 g/mol. The van der Waals surface area contributed by atoms with Crippen LogP contribution in [0.1, 0.15) is 30.6 Å². The zero-order chi connectivity index (χ0) is 13.1. The van der Waals surface area contributed by atoms with E-state index in [-0.39, 0.29) is 6.42 Å². The number of hydrogen-bond acceptors (Lipinski definition) is 4. The molecule has 0 fully saturated rings. The van der Waals surface area contributed by atoms with Crippen LogP contribution in [0.5, 0.6) is 0 Å². The number of amides is 2. The van der Waals surface area contributed by atoms with E-state index < -0.39 is 17.4 Å². The Morgan fingerprint density at radius 1 is 1.35 bits per heavy atom. The molecule has 0 radical (unpaired) electrons. The summed E-state index contributed by atoms with van der Waals surface area (Å²) in [5, 5.41) is 3.05. The van der Waals surface area contributed by atoms with Gasteiger partial charge in [0.05, 0.1) is 5.56 Å². The maximum atomic E-state index is 10.8. The summed E-state index contributed by atoms with van der Waals surface area (Å²) in [5.74, 6) is -0.363. The highest BCUT2D eigenvalue weighted by Gasteiger charge is 2.20. The monoisotopic (exact) mass is 236 g/mol. The fourth-order valence-electron chi connectivity index (χ4n) is 1.44. The standard InChI is InChI=1S/C11H16N4O2/c1-11(2,5-8(12)16)15-9-4-3-7(6-14-9)10(13)17/h3-4,6H,5H2,1-2H3,(H2,12,16)(H2,13,17)(H,14,15). The minimum atomic E-state index is -0.527. The lowest BCUT2D eigenvalue weighted by molar-refractivity contribution is -0.118. The molecule has 1 rings (SSSR count). The summed E-state index contributed by atoms with van der Waals surface area (Å²) < 4.78 is 0. The van der Waals surface area contributed by atoms with Crippen molar-refractivity contribution in [1.82, 2.24) is 4.98 Å². The van der Waals surface area contributed by atoms with Gasteiger partial charge < -0.3 is 16.8 Å². The Kier molecular flexibility index (Phi) is 3.67. The second kappa shape index (κ2) is 4.82. The molecule has 6 heteroatoms. The molecule has 0 bridgehead atoms. The van der Waals surface area contributed by atoms with Gasteiger partial charge in [0.15, 0.2) is 0 Å². The van der Waals surface area contributed by atoms with E-state index in [4.69, 9.17) is 11.5 Å². The van der Waals surface area contributed by atoms with Crippen molar-refractivity contribution in [2.24, 2.45) is 11.5 Å². The Balaban J connectivity index is 2.75. The van der Waals surface area contributed by atoms with Crippen LogP contribution in [0, 0.1) is 0 Å². The molecule has 2 amide bonds. The molecular formula is C11H16N4O2. The zero-order valence-corrected chi connectivity index (χ0v) is 9.86. The van der Waals surface area contributed by atoms with E-state index >= 15 is 0 Å². The third-order valence-corrected chi connectivity index (χ3v) is 2.13. The number of nitrogens with zero attached hydrogens (tertiary/aromatic N) is 1. The SMILES string of the molecule is CC(C)(CC(N)=O)Nc1ccc(C(N)=O)cn1. The van der Waals surface area contributed by atoms with E-state index in [1.54, 1.807) is 12.1 Å². The van der Waals surface area contributed by atoms with Gasteiger partial charge in [-0.1, -0.05) is 0 Å². The molecule has 1 aromatic rings. The van der Waals surface area contributed by atoms with Gasteiger partial charge in [-0.3, -0.25) is 9.59 Å². The van der Waals surface area contributed by atoms with Gasteiger partial charge in [0.1, 0.15) is 5.82 Å². The summed E-state index contributed by atoms with van der Waals surface area (Å²) in [6.07, 6.45) is 1.57. The van der Waals surface area contributed by atoms with Crippen LogP contribution >= 0.6 is 0 Å². The fraction of sp³-hybridized carbons (Fsp3) is 0.364. The van der Waals surface area contributed by atoms with Crippen LogP contribution in [0.3, 0.4) is 0 Å². The molecule has 1 heterocycles. The molecule has 0 saturated heterocycles. The summed E-state index contributed by atoms with van der Waals surface area (Å²) in [7, 11) is 0. The molecule has 0 spiro atoms. The van der Waals surface area contributed by atoms with E-state index in [0.29, 0.717) is 11.4 Å². The first-order valence-corrected chi connectivity index (χ1v) is 5.12. The van der Waals surface area contributed by atoms with Gasteiger partial charge in [-0.25, -0.2) is 4.98 Å². The number of carbonyl (C=O) groups is 2. The molecule has 0 aromatic carbocycles. The van der Waals surface area contributed by atoms with Crippen molar-refractivity contribution >= 4 is 17.6 Å². The van der Waals surface area contributed by atoms with E-state index in [1.807, 2.05) is 13.8 Å². The molecular weight excluding hydrogens is 220 g/mol. The molecule has 0 aliphatic rings. The van der Waals surface area contributed by atoms with E-state index in [0.717, 1.165) is 0 Å². The lowest BCUT2D eigenvalue weighted by Crippen LogP contribution is -2.36. The summed E-state index contributed by atoms with van der Waals surface area (Å²) >= 11 is 0. The molecule has 1 aromatic heterocycles. The maximum absolute atomic E-state index is 10.8. The van der Waals surface area contributed by atoms with Crippen molar-refractivity contribution < 1.29 is 9.59 Å². The molecule has 6 nitrogen and oxygen atoms in total. The van der Waals surface area contributed by atoms with Gasteiger partial charge in [0, 0.05) is 18.2 Å². The highest BCUT2D eigenvalue weighted by molar-refractivity contribution is 5.92. The maximum Gasteiger partial charge on any atom is 0.250 e. The smallest absolute Gasteiger partial charge is 0.250 e. The number of primary amides is 2.